The number of hydrogen-bond acceptors (Lipinski definition) is 4. The molecule has 1 fully saturated rings. The van der Waals surface area contributed by atoms with Gasteiger partial charge in [0.1, 0.15) is 0 Å². The van der Waals surface area contributed by atoms with E-state index in [2.05, 4.69) is 55.7 Å². The summed E-state index contributed by atoms with van der Waals surface area (Å²) < 4.78 is 1.51. The minimum atomic E-state index is 0.0566. The number of piperazine rings is 1. The Balaban J connectivity index is 1.65. The van der Waals surface area contributed by atoms with E-state index in [1.165, 1.54) is 59.3 Å². The molecule has 1 saturated heterocycles. The standard InChI is InChI=1S/C28H41N3O2/c1-5-6-15-29-16-18-30(19-17-29)25-12-11-23(31-26(32)13-14-27(31)33)20-24(25)21-7-9-22(10-8-21)28(2,3)4/h7,11-14,20,22,32-33H,5-6,8-10,15-19H2,1-4H3. The molecular weight excluding hydrogens is 410 g/mol. The Kier molecular flexibility index (Phi) is 7.08. The van der Waals surface area contributed by atoms with Crippen molar-refractivity contribution in [3.05, 3.63) is 42.0 Å². The molecule has 5 nitrogen and oxygen atoms in total. The van der Waals surface area contributed by atoms with Crippen molar-refractivity contribution in [2.24, 2.45) is 11.3 Å². The third kappa shape index (κ3) is 5.24. The lowest BCUT2D eigenvalue weighted by atomic mass is 9.72. The van der Waals surface area contributed by atoms with Gasteiger partial charge in [0.2, 0.25) is 0 Å². The molecule has 0 spiro atoms. The van der Waals surface area contributed by atoms with Crippen molar-refractivity contribution < 1.29 is 10.2 Å². The summed E-state index contributed by atoms with van der Waals surface area (Å²) in [6.45, 7) is 14.8. The Morgan fingerprint density at radius 2 is 1.67 bits per heavy atom. The van der Waals surface area contributed by atoms with Gasteiger partial charge >= 0.3 is 0 Å². The highest BCUT2D eigenvalue weighted by molar-refractivity contribution is 5.79. The van der Waals surface area contributed by atoms with E-state index in [1.807, 2.05) is 6.07 Å². The van der Waals surface area contributed by atoms with Crippen LogP contribution < -0.4 is 4.90 Å². The number of hydrogen-bond donors (Lipinski definition) is 2. The van der Waals surface area contributed by atoms with Crippen molar-refractivity contribution in [3.8, 4) is 17.4 Å². The fraction of sp³-hybridized carbons (Fsp3) is 0.571. The van der Waals surface area contributed by atoms with Crippen LogP contribution in [0.4, 0.5) is 5.69 Å². The van der Waals surface area contributed by atoms with Crippen LogP contribution in [0.1, 0.15) is 65.4 Å². The highest BCUT2D eigenvalue weighted by atomic mass is 16.3. The van der Waals surface area contributed by atoms with Crippen molar-refractivity contribution >= 4 is 11.3 Å². The van der Waals surface area contributed by atoms with Gasteiger partial charge in [0.15, 0.2) is 11.8 Å². The van der Waals surface area contributed by atoms with Gasteiger partial charge in [-0.3, -0.25) is 9.47 Å². The largest absolute Gasteiger partial charge is 0.494 e. The highest BCUT2D eigenvalue weighted by Gasteiger charge is 2.28. The monoisotopic (exact) mass is 451 g/mol. The normalized spacial score (nSPS) is 20.2. The Hall–Kier alpha value is -2.40. The number of allylic oxidation sites excluding steroid dienone is 2. The van der Waals surface area contributed by atoms with E-state index in [-0.39, 0.29) is 11.8 Å². The van der Waals surface area contributed by atoms with Crippen molar-refractivity contribution in [1.29, 1.82) is 0 Å². The highest BCUT2D eigenvalue weighted by Crippen LogP contribution is 2.42. The molecular formula is C28H41N3O2. The summed E-state index contributed by atoms with van der Waals surface area (Å²) in [6, 6.07) is 9.42. The lowest BCUT2D eigenvalue weighted by Crippen LogP contribution is -2.46. The van der Waals surface area contributed by atoms with Gasteiger partial charge in [-0.15, -0.1) is 0 Å². The first kappa shape index (κ1) is 23.7. The molecule has 1 aliphatic carbocycles. The van der Waals surface area contributed by atoms with E-state index in [4.69, 9.17) is 0 Å². The van der Waals surface area contributed by atoms with Crippen LogP contribution in [0.3, 0.4) is 0 Å². The average Bonchev–Trinajstić information content (AvgIpc) is 3.15. The molecule has 2 N–H and O–H groups in total. The average molecular weight is 452 g/mol. The van der Waals surface area contributed by atoms with E-state index in [1.54, 1.807) is 0 Å². The number of aromatic nitrogens is 1. The molecule has 0 amide bonds. The summed E-state index contributed by atoms with van der Waals surface area (Å²) >= 11 is 0. The van der Waals surface area contributed by atoms with Crippen LogP contribution >= 0.6 is 0 Å². The van der Waals surface area contributed by atoms with Crippen LogP contribution in [0, 0.1) is 11.3 Å². The third-order valence-electron chi connectivity index (χ3n) is 7.60. The van der Waals surface area contributed by atoms with Gasteiger partial charge in [-0.25, -0.2) is 0 Å². The summed E-state index contributed by atoms with van der Waals surface area (Å²) in [5.41, 5.74) is 5.04. The molecule has 180 valence electrons. The van der Waals surface area contributed by atoms with Crippen LogP contribution in [-0.4, -0.2) is 52.4 Å². The van der Waals surface area contributed by atoms with Gasteiger partial charge in [0.05, 0.1) is 5.69 Å². The smallest absolute Gasteiger partial charge is 0.198 e. The van der Waals surface area contributed by atoms with E-state index in [9.17, 15) is 10.2 Å². The Morgan fingerprint density at radius 3 is 2.24 bits per heavy atom. The van der Waals surface area contributed by atoms with Gasteiger partial charge in [-0.05, 0) is 67.3 Å². The Labute approximate surface area is 199 Å². The minimum Gasteiger partial charge on any atom is -0.494 e. The molecule has 2 aromatic rings. The van der Waals surface area contributed by atoms with Crippen LogP contribution in [0.25, 0.3) is 11.3 Å². The van der Waals surface area contributed by atoms with Crippen molar-refractivity contribution in [2.45, 2.75) is 59.8 Å². The maximum absolute atomic E-state index is 10.3. The van der Waals surface area contributed by atoms with Crippen molar-refractivity contribution in [1.82, 2.24) is 9.47 Å². The number of benzene rings is 1. The fourth-order valence-corrected chi connectivity index (χ4v) is 5.34. The molecule has 0 saturated carbocycles. The first-order chi connectivity index (χ1) is 15.8. The number of aromatic hydroxyl groups is 2. The zero-order valence-corrected chi connectivity index (χ0v) is 20.8. The molecule has 0 radical (unpaired) electrons. The quantitative estimate of drug-likeness (QED) is 0.562. The molecule has 1 aromatic carbocycles. The molecule has 5 heteroatoms. The fourth-order valence-electron chi connectivity index (χ4n) is 5.34. The molecule has 0 bridgehead atoms. The maximum atomic E-state index is 10.3. The number of nitrogens with zero attached hydrogens (tertiary/aromatic N) is 3. The van der Waals surface area contributed by atoms with Crippen LogP contribution in [-0.2, 0) is 0 Å². The van der Waals surface area contributed by atoms with Gasteiger partial charge < -0.3 is 15.1 Å². The van der Waals surface area contributed by atoms with Crippen molar-refractivity contribution in [3.63, 3.8) is 0 Å². The molecule has 1 aromatic heterocycles. The van der Waals surface area contributed by atoms with E-state index in [0.717, 1.165) is 44.7 Å². The summed E-state index contributed by atoms with van der Waals surface area (Å²) in [5.74, 6) is 0.815. The lowest BCUT2D eigenvalue weighted by molar-refractivity contribution is 0.225. The third-order valence-corrected chi connectivity index (χ3v) is 7.60. The summed E-state index contributed by atoms with van der Waals surface area (Å²) in [7, 11) is 0. The van der Waals surface area contributed by atoms with Crippen molar-refractivity contribution in [2.75, 3.05) is 37.6 Å². The van der Waals surface area contributed by atoms with E-state index < -0.39 is 0 Å². The van der Waals surface area contributed by atoms with E-state index >= 15 is 0 Å². The predicted molar refractivity (Wildman–Crippen MR) is 137 cm³/mol. The molecule has 4 rings (SSSR count). The zero-order chi connectivity index (χ0) is 23.6. The van der Waals surface area contributed by atoms with Gasteiger partial charge in [0, 0.05) is 49.6 Å². The minimum absolute atomic E-state index is 0.0566. The number of rotatable bonds is 6. The summed E-state index contributed by atoms with van der Waals surface area (Å²) in [4.78, 5) is 5.10. The zero-order valence-electron chi connectivity index (χ0n) is 20.8. The SMILES string of the molecule is CCCCN1CCN(c2ccc(-n3c(O)ccc3O)cc2C2=CCC(C(C)(C)C)CC2)CC1. The molecule has 2 heterocycles. The second-order valence-electron chi connectivity index (χ2n) is 10.8. The maximum Gasteiger partial charge on any atom is 0.198 e. The summed E-state index contributed by atoms with van der Waals surface area (Å²) in [5, 5.41) is 20.6. The van der Waals surface area contributed by atoms with Gasteiger partial charge in [-0.1, -0.05) is 40.2 Å². The molecule has 1 aliphatic heterocycles. The molecule has 1 unspecified atom stereocenters. The van der Waals surface area contributed by atoms with Gasteiger partial charge in [0.25, 0.3) is 0 Å². The molecule has 2 aliphatic rings. The molecule has 33 heavy (non-hydrogen) atoms. The lowest BCUT2D eigenvalue weighted by Gasteiger charge is -2.38. The predicted octanol–water partition coefficient (Wildman–Crippen LogP) is 6.04. The molecule has 1 atom stereocenters. The summed E-state index contributed by atoms with van der Waals surface area (Å²) in [6.07, 6.45) is 8.32. The second kappa shape index (κ2) is 9.84. The first-order valence-corrected chi connectivity index (χ1v) is 12.7. The van der Waals surface area contributed by atoms with E-state index in [0.29, 0.717) is 11.3 Å². The van der Waals surface area contributed by atoms with Crippen LogP contribution in [0.2, 0.25) is 0 Å². The second-order valence-corrected chi connectivity index (χ2v) is 10.8. The van der Waals surface area contributed by atoms with Gasteiger partial charge in [-0.2, -0.15) is 0 Å². The Bertz CT molecular complexity index is 958. The van der Waals surface area contributed by atoms with Crippen LogP contribution in [0.15, 0.2) is 36.4 Å². The Morgan fingerprint density at radius 1 is 0.970 bits per heavy atom. The first-order valence-electron chi connectivity index (χ1n) is 12.7. The number of unbranched alkanes of at least 4 members (excludes halogenated alkanes) is 1. The van der Waals surface area contributed by atoms with Crippen LogP contribution in [0.5, 0.6) is 11.8 Å². The number of anilines is 1. The topological polar surface area (TPSA) is 51.9 Å².